The SMILES string of the molecule is CC(C)C1CCC(N2CCC3(CC2)SCCN3c2ccccc2)CC1.O=C(O)/C=C\C(=O)O. The van der Waals surface area contributed by atoms with Crippen LogP contribution in [0.5, 0.6) is 0 Å². The largest absolute Gasteiger partial charge is 0.478 e. The molecule has 0 atom stereocenters. The number of piperidine rings is 1. The molecule has 0 amide bonds. The Labute approximate surface area is 202 Å². The highest BCUT2D eigenvalue weighted by molar-refractivity contribution is 8.01. The Hall–Kier alpha value is -1.99. The van der Waals surface area contributed by atoms with Gasteiger partial charge in [0.25, 0.3) is 0 Å². The van der Waals surface area contributed by atoms with Crippen molar-refractivity contribution in [1.82, 2.24) is 4.90 Å². The monoisotopic (exact) mass is 474 g/mol. The normalized spacial score (nSPS) is 25.2. The van der Waals surface area contributed by atoms with Crippen LogP contribution in [0.2, 0.25) is 0 Å². The van der Waals surface area contributed by atoms with Crippen LogP contribution in [0, 0.1) is 11.8 Å². The molecule has 1 aromatic carbocycles. The van der Waals surface area contributed by atoms with Gasteiger partial charge >= 0.3 is 11.9 Å². The second-order valence-corrected chi connectivity index (χ2v) is 11.1. The van der Waals surface area contributed by atoms with Crippen molar-refractivity contribution in [1.29, 1.82) is 0 Å². The standard InChI is InChI=1S/C22H34N2S.C4H4O4/c1-18(2)19-8-10-20(11-9-19)23-14-12-22(13-15-23)24(16-17-25-22)21-6-4-3-5-7-21;5-3(6)1-2-4(7)8/h3-7,18-20H,8-17H2,1-2H3;1-2H,(H,5,6)(H,7,8)/b;2-1-. The van der Waals surface area contributed by atoms with Crippen LogP contribution in [-0.4, -0.2) is 63.4 Å². The number of aliphatic carboxylic acids is 2. The number of carboxylic acids is 2. The molecule has 1 aliphatic carbocycles. The van der Waals surface area contributed by atoms with E-state index in [0.717, 1.165) is 17.9 Å². The molecule has 33 heavy (non-hydrogen) atoms. The summed E-state index contributed by atoms with van der Waals surface area (Å²) in [5, 5.41) is 15.6. The first-order valence-electron chi connectivity index (χ1n) is 12.2. The second kappa shape index (κ2) is 11.9. The van der Waals surface area contributed by atoms with Gasteiger partial charge in [-0.1, -0.05) is 32.0 Å². The zero-order valence-corrected chi connectivity index (χ0v) is 20.7. The number of rotatable bonds is 5. The molecule has 2 aliphatic heterocycles. The third-order valence-corrected chi connectivity index (χ3v) is 8.95. The van der Waals surface area contributed by atoms with Crippen molar-refractivity contribution in [3.05, 3.63) is 42.5 Å². The van der Waals surface area contributed by atoms with Gasteiger partial charge in [-0.15, -0.1) is 11.8 Å². The van der Waals surface area contributed by atoms with Crippen molar-refractivity contribution in [3.8, 4) is 0 Å². The highest BCUT2D eigenvalue weighted by atomic mass is 32.2. The Morgan fingerprint density at radius 2 is 1.55 bits per heavy atom. The zero-order valence-electron chi connectivity index (χ0n) is 19.9. The molecule has 1 aromatic rings. The Kier molecular flexibility index (Phi) is 9.27. The number of para-hydroxylation sites is 1. The van der Waals surface area contributed by atoms with Gasteiger partial charge in [-0.05, 0) is 62.5 Å². The van der Waals surface area contributed by atoms with E-state index in [1.807, 2.05) is 0 Å². The third kappa shape index (κ3) is 7.00. The number of benzene rings is 1. The van der Waals surface area contributed by atoms with Crippen LogP contribution in [0.15, 0.2) is 42.5 Å². The molecule has 3 fully saturated rings. The molecule has 0 aromatic heterocycles. The average molecular weight is 475 g/mol. The predicted octanol–water partition coefficient (Wildman–Crippen LogP) is 4.96. The number of hydrogen-bond donors (Lipinski definition) is 2. The van der Waals surface area contributed by atoms with Gasteiger partial charge in [0.05, 0.1) is 4.87 Å². The lowest BCUT2D eigenvalue weighted by Crippen LogP contribution is -2.53. The molecule has 4 rings (SSSR count). The maximum absolute atomic E-state index is 9.55. The molecule has 7 heteroatoms. The third-order valence-electron chi connectivity index (χ3n) is 7.39. The van der Waals surface area contributed by atoms with Gasteiger partial charge in [0.15, 0.2) is 0 Å². The molecular weight excluding hydrogens is 436 g/mol. The summed E-state index contributed by atoms with van der Waals surface area (Å²) in [7, 11) is 0. The lowest BCUT2D eigenvalue weighted by atomic mass is 9.79. The van der Waals surface area contributed by atoms with E-state index in [4.69, 9.17) is 10.2 Å². The van der Waals surface area contributed by atoms with Gasteiger partial charge in [-0.2, -0.15) is 0 Å². The first-order valence-corrected chi connectivity index (χ1v) is 13.1. The Morgan fingerprint density at radius 3 is 2.06 bits per heavy atom. The molecule has 0 radical (unpaired) electrons. The van der Waals surface area contributed by atoms with E-state index in [0.29, 0.717) is 17.0 Å². The number of carboxylic acid groups (broad SMARTS) is 2. The van der Waals surface area contributed by atoms with Crippen molar-refractivity contribution in [2.24, 2.45) is 11.8 Å². The van der Waals surface area contributed by atoms with E-state index in [2.05, 4.69) is 65.7 Å². The molecule has 0 unspecified atom stereocenters. The second-order valence-electron chi connectivity index (χ2n) is 9.64. The number of likely N-dealkylation sites (tertiary alicyclic amines) is 1. The van der Waals surface area contributed by atoms with Crippen molar-refractivity contribution in [2.75, 3.05) is 30.3 Å². The summed E-state index contributed by atoms with van der Waals surface area (Å²) >= 11 is 2.22. The topological polar surface area (TPSA) is 81.1 Å². The van der Waals surface area contributed by atoms with Gasteiger partial charge < -0.3 is 20.0 Å². The van der Waals surface area contributed by atoms with E-state index in [9.17, 15) is 9.59 Å². The van der Waals surface area contributed by atoms with Crippen LogP contribution >= 0.6 is 11.8 Å². The molecular formula is C26H38N2O4S. The molecule has 3 aliphatic rings. The lowest BCUT2D eigenvalue weighted by Gasteiger charge is -2.48. The first-order chi connectivity index (χ1) is 15.8. The summed E-state index contributed by atoms with van der Waals surface area (Å²) in [6.07, 6.45) is 9.55. The summed E-state index contributed by atoms with van der Waals surface area (Å²) in [5.41, 5.74) is 1.43. The highest BCUT2D eigenvalue weighted by Gasteiger charge is 2.45. The molecule has 1 saturated carbocycles. The van der Waals surface area contributed by atoms with E-state index in [-0.39, 0.29) is 0 Å². The highest BCUT2D eigenvalue weighted by Crippen LogP contribution is 2.47. The zero-order chi connectivity index (χ0) is 23.8. The maximum Gasteiger partial charge on any atom is 0.328 e. The first kappa shape index (κ1) is 25.6. The smallest absolute Gasteiger partial charge is 0.328 e. The van der Waals surface area contributed by atoms with Gasteiger partial charge in [-0.25, -0.2) is 9.59 Å². The van der Waals surface area contributed by atoms with Crippen LogP contribution < -0.4 is 4.90 Å². The van der Waals surface area contributed by atoms with E-state index < -0.39 is 11.9 Å². The molecule has 0 bridgehead atoms. The van der Waals surface area contributed by atoms with Gasteiger partial charge in [0.1, 0.15) is 0 Å². The van der Waals surface area contributed by atoms with Crippen molar-refractivity contribution >= 4 is 29.4 Å². The number of hydrogen-bond acceptors (Lipinski definition) is 5. The predicted molar refractivity (Wildman–Crippen MR) is 135 cm³/mol. The molecule has 1 spiro atoms. The minimum atomic E-state index is -1.26. The average Bonchev–Trinajstić information content (AvgIpc) is 3.22. The van der Waals surface area contributed by atoms with Crippen LogP contribution in [0.4, 0.5) is 5.69 Å². The Bertz CT molecular complexity index is 782. The lowest BCUT2D eigenvalue weighted by molar-refractivity contribution is -0.134. The van der Waals surface area contributed by atoms with Crippen molar-refractivity contribution in [2.45, 2.75) is 63.3 Å². The summed E-state index contributed by atoms with van der Waals surface area (Å²) in [6.45, 7) is 8.63. The van der Waals surface area contributed by atoms with E-state index in [1.165, 1.54) is 69.6 Å². The molecule has 2 saturated heterocycles. The van der Waals surface area contributed by atoms with E-state index >= 15 is 0 Å². The van der Waals surface area contributed by atoms with Crippen LogP contribution in [-0.2, 0) is 9.59 Å². The number of carbonyl (C=O) groups is 2. The van der Waals surface area contributed by atoms with Crippen LogP contribution in [0.25, 0.3) is 0 Å². The molecule has 2 heterocycles. The summed E-state index contributed by atoms with van der Waals surface area (Å²) in [5.74, 6) is 0.625. The quantitative estimate of drug-likeness (QED) is 0.584. The molecule has 182 valence electrons. The van der Waals surface area contributed by atoms with Crippen LogP contribution in [0.3, 0.4) is 0 Å². The van der Waals surface area contributed by atoms with Gasteiger partial charge in [-0.3, -0.25) is 0 Å². The summed E-state index contributed by atoms with van der Waals surface area (Å²) in [6, 6.07) is 12.0. The van der Waals surface area contributed by atoms with Gasteiger partial charge in [0, 0.05) is 49.3 Å². The fourth-order valence-electron chi connectivity index (χ4n) is 5.51. The maximum atomic E-state index is 9.55. The Morgan fingerprint density at radius 1 is 0.970 bits per heavy atom. The summed E-state index contributed by atoms with van der Waals surface area (Å²) in [4.78, 5) is 25.0. The summed E-state index contributed by atoms with van der Waals surface area (Å²) < 4.78 is 0. The Balaban J connectivity index is 0.000000331. The fraction of sp³-hybridized carbons (Fsp3) is 0.615. The number of thioether (sulfide) groups is 1. The minimum absolute atomic E-state index is 0.368. The van der Waals surface area contributed by atoms with Crippen molar-refractivity contribution < 1.29 is 19.8 Å². The van der Waals surface area contributed by atoms with Crippen LogP contribution in [0.1, 0.15) is 52.4 Å². The molecule has 2 N–H and O–H groups in total. The van der Waals surface area contributed by atoms with Gasteiger partial charge in [0.2, 0.25) is 0 Å². The number of anilines is 1. The van der Waals surface area contributed by atoms with E-state index in [1.54, 1.807) is 0 Å². The molecule has 6 nitrogen and oxygen atoms in total. The minimum Gasteiger partial charge on any atom is -0.478 e. The fourth-order valence-corrected chi connectivity index (χ4v) is 6.99. The van der Waals surface area contributed by atoms with Crippen molar-refractivity contribution in [3.63, 3.8) is 0 Å². The number of nitrogens with zero attached hydrogens (tertiary/aromatic N) is 2.